The highest BCUT2D eigenvalue weighted by Crippen LogP contribution is 2.35. The van der Waals surface area contributed by atoms with Crippen LogP contribution in [0, 0.1) is 10.1 Å². The summed E-state index contributed by atoms with van der Waals surface area (Å²) in [4.78, 5) is 18.4. The lowest BCUT2D eigenvalue weighted by atomic mass is 10.3. The summed E-state index contributed by atoms with van der Waals surface area (Å²) in [5.74, 6) is 0.537. The van der Waals surface area contributed by atoms with Gasteiger partial charge < -0.3 is 10.1 Å². The SMILES string of the molecule is CNc1ncc(Br)c(Oc2ccc(Cl)cc2[N+](=O)[O-])n1. The Hall–Kier alpha value is -1.93. The second kappa shape index (κ2) is 6.02. The lowest BCUT2D eigenvalue weighted by molar-refractivity contribution is -0.385. The Kier molecular flexibility index (Phi) is 4.35. The third kappa shape index (κ3) is 3.14. The molecule has 20 heavy (non-hydrogen) atoms. The molecule has 0 aliphatic carbocycles. The number of hydrogen-bond donors (Lipinski definition) is 1. The van der Waals surface area contributed by atoms with Crippen LogP contribution in [-0.2, 0) is 0 Å². The van der Waals surface area contributed by atoms with Gasteiger partial charge >= 0.3 is 5.69 Å². The fourth-order valence-corrected chi connectivity index (χ4v) is 1.81. The van der Waals surface area contributed by atoms with Crippen molar-refractivity contribution in [2.75, 3.05) is 12.4 Å². The largest absolute Gasteiger partial charge is 0.430 e. The number of hydrogen-bond acceptors (Lipinski definition) is 6. The van der Waals surface area contributed by atoms with Gasteiger partial charge in [-0.15, -0.1) is 0 Å². The topological polar surface area (TPSA) is 90.2 Å². The highest BCUT2D eigenvalue weighted by Gasteiger charge is 2.18. The van der Waals surface area contributed by atoms with Gasteiger partial charge in [-0.25, -0.2) is 4.98 Å². The molecular formula is C11H8BrClN4O3. The number of nitro groups is 1. The fourth-order valence-electron chi connectivity index (χ4n) is 1.37. The first-order valence-corrected chi connectivity index (χ1v) is 6.50. The van der Waals surface area contributed by atoms with E-state index in [2.05, 4.69) is 31.2 Å². The quantitative estimate of drug-likeness (QED) is 0.662. The number of benzene rings is 1. The summed E-state index contributed by atoms with van der Waals surface area (Å²) < 4.78 is 5.93. The van der Waals surface area contributed by atoms with E-state index < -0.39 is 4.92 Å². The number of nitrogens with zero attached hydrogens (tertiary/aromatic N) is 3. The van der Waals surface area contributed by atoms with Gasteiger partial charge in [-0.2, -0.15) is 4.98 Å². The number of anilines is 1. The van der Waals surface area contributed by atoms with Crippen molar-refractivity contribution in [3.05, 3.63) is 44.0 Å². The van der Waals surface area contributed by atoms with Gasteiger partial charge in [0.2, 0.25) is 17.6 Å². The van der Waals surface area contributed by atoms with Crippen LogP contribution in [0.1, 0.15) is 0 Å². The van der Waals surface area contributed by atoms with Gasteiger partial charge in [-0.05, 0) is 28.1 Å². The molecule has 1 aromatic carbocycles. The molecule has 0 aliphatic heterocycles. The Morgan fingerprint density at radius 1 is 1.50 bits per heavy atom. The molecule has 1 heterocycles. The van der Waals surface area contributed by atoms with Crippen molar-refractivity contribution in [1.82, 2.24) is 9.97 Å². The number of ether oxygens (including phenoxy) is 1. The van der Waals surface area contributed by atoms with E-state index in [1.807, 2.05) is 0 Å². The monoisotopic (exact) mass is 358 g/mol. The van der Waals surface area contributed by atoms with Gasteiger partial charge in [0.05, 0.1) is 15.6 Å². The highest BCUT2D eigenvalue weighted by atomic mass is 79.9. The highest BCUT2D eigenvalue weighted by molar-refractivity contribution is 9.10. The zero-order chi connectivity index (χ0) is 14.7. The average Bonchev–Trinajstić information content (AvgIpc) is 2.42. The minimum Gasteiger partial charge on any atom is -0.430 e. The number of nitro benzene ring substituents is 1. The first-order chi connectivity index (χ1) is 9.51. The van der Waals surface area contributed by atoms with Crippen molar-refractivity contribution in [3.8, 4) is 11.6 Å². The maximum atomic E-state index is 11.0. The molecule has 0 aliphatic rings. The molecular weight excluding hydrogens is 352 g/mol. The van der Waals surface area contributed by atoms with Crippen LogP contribution in [0.15, 0.2) is 28.9 Å². The summed E-state index contributed by atoms with van der Waals surface area (Å²) in [5, 5.41) is 14.0. The minimum atomic E-state index is -0.574. The average molecular weight is 360 g/mol. The number of halogens is 2. The lowest BCUT2D eigenvalue weighted by Gasteiger charge is -2.08. The van der Waals surface area contributed by atoms with Gasteiger partial charge in [0.15, 0.2) is 0 Å². The van der Waals surface area contributed by atoms with E-state index >= 15 is 0 Å². The van der Waals surface area contributed by atoms with Crippen LogP contribution in [0.4, 0.5) is 11.6 Å². The zero-order valence-corrected chi connectivity index (χ0v) is 12.5. The maximum Gasteiger partial charge on any atom is 0.313 e. The van der Waals surface area contributed by atoms with Crippen LogP contribution in [-0.4, -0.2) is 21.9 Å². The first kappa shape index (κ1) is 14.5. The summed E-state index contributed by atoms with van der Waals surface area (Å²) in [7, 11) is 1.65. The summed E-state index contributed by atoms with van der Waals surface area (Å²) in [6, 6.07) is 4.12. The van der Waals surface area contributed by atoms with Gasteiger partial charge in [-0.1, -0.05) is 11.6 Å². The van der Waals surface area contributed by atoms with Crippen molar-refractivity contribution in [2.45, 2.75) is 0 Å². The predicted molar refractivity (Wildman–Crippen MR) is 77.5 cm³/mol. The number of nitrogens with one attached hydrogen (secondary N) is 1. The van der Waals surface area contributed by atoms with E-state index in [9.17, 15) is 10.1 Å². The normalized spacial score (nSPS) is 10.2. The molecule has 2 aromatic rings. The van der Waals surface area contributed by atoms with Gasteiger partial charge in [-0.3, -0.25) is 10.1 Å². The Bertz CT molecular complexity index is 668. The van der Waals surface area contributed by atoms with E-state index in [0.717, 1.165) is 0 Å². The van der Waals surface area contributed by atoms with Gasteiger partial charge in [0, 0.05) is 18.1 Å². The number of rotatable bonds is 4. The van der Waals surface area contributed by atoms with Crippen LogP contribution < -0.4 is 10.1 Å². The summed E-state index contributed by atoms with van der Waals surface area (Å²) in [5.41, 5.74) is -0.242. The van der Waals surface area contributed by atoms with Crippen molar-refractivity contribution < 1.29 is 9.66 Å². The van der Waals surface area contributed by atoms with E-state index in [1.54, 1.807) is 7.05 Å². The smallest absolute Gasteiger partial charge is 0.313 e. The molecule has 0 spiro atoms. The second-order valence-electron chi connectivity index (χ2n) is 3.57. The molecule has 0 radical (unpaired) electrons. The van der Waals surface area contributed by atoms with Crippen molar-refractivity contribution in [3.63, 3.8) is 0 Å². The lowest BCUT2D eigenvalue weighted by Crippen LogP contribution is -2.00. The van der Waals surface area contributed by atoms with Crippen molar-refractivity contribution in [1.29, 1.82) is 0 Å². The molecule has 0 saturated heterocycles. The van der Waals surface area contributed by atoms with E-state index in [-0.39, 0.29) is 22.3 Å². The number of aromatic nitrogens is 2. The molecule has 0 bridgehead atoms. The molecule has 2 rings (SSSR count). The molecule has 0 saturated carbocycles. The van der Waals surface area contributed by atoms with Crippen LogP contribution in [0.2, 0.25) is 5.02 Å². The predicted octanol–water partition coefficient (Wildman–Crippen LogP) is 3.63. The van der Waals surface area contributed by atoms with Crippen LogP contribution in [0.3, 0.4) is 0 Å². The molecule has 1 N–H and O–H groups in total. The summed E-state index contributed by atoms with van der Waals surface area (Å²) >= 11 is 8.96. The molecule has 0 fully saturated rings. The van der Waals surface area contributed by atoms with Gasteiger partial charge in [0.1, 0.15) is 0 Å². The molecule has 7 nitrogen and oxygen atoms in total. The summed E-state index contributed by atoms with van der Waals surface area (Å²) in [6.07, 6.45) is 1.48. The van der Waals surface area contributed by atoms with E-state index in [4.69, 9.17) is 16.3 Å². The van der Waals surface area contributed by atoms with Crippen LogP contribution in [0.5, 0.6) is 11.6 Å². The molecule has 0 unspecified atom stereocenters. The van der Waals surface area contributed by atoms with Crippen molar-refractivity contribution >= 4 is 39.2 Å². The zero-order valence-electron chi connectivity index (χ0n) is 10.1. The Morgan fingerprint density at radius 3 is 2.90 bits per heavy atom. The van der Waals surface area contributed by atoms with Crippen LogP contribution >= 0.6 is 27.5 Å². The van der Waals surface area contributed by atoms with Gasteiger partial charge in [0.25, 0.3) is 0 Å². The Morgan fingerprint density at radius 2 is 2.25 bits per heavy atom. The van der Waals surface area contributed by atoms with Crippen LogP contribution in [0.25, 0.3) is 0 Å². The first-order valence-electron chi connectivity index (χ1n) is 5.33. The van der Waals surface area contributed by atoms with E-state index in [0.29, 0.717) is 10.4 Å². The standard InChI is InChI=1S/C11H8BrClN4O3/c1-14-11-15-5-7(12)10(16-11)20-9-3-2-6(13)4-8(9)17(18)19/h2-5H,1H3,(H,14,15,16). The third-order valence-electron chi connectivity index (χ3n) is 2.26. The fraction of sp³-hybridized carbons (Fsp3) is 0.0909. The summed E-state index contributed by atoms with van der Waals surface area (Å²) in [6.45, 7) is 0. The molecule has 0 amide bonds. The minimum absolute atomic E-state index is 0.0425. The Balaban J connectivity index is 2.42. The second-order valence-corrected chi connectivity index (χ2v) is 4.86. The molecule has 9 heteroatoms. The van der Waals surface area contributed by atoms with Crippen molar-refractivity contribution in [2.24, 2.45) is 0 Å². The molecule has 104 valence electrons. The Labute approximate surface area is 127 Å². The third-order valence-corrected chi connectivity index (χ3v) is 3.04. The van der Waals surface area contributed by atoms with E-state index in [1.165, 1.54) is 24.4 Å². The molecule has 1 aromatic heterocycles. The maximum absolute atomic E-state index is 11.0. The molecule has 0 atom stereocenters.